The van der Waals surface area contributed by atoms with Crippen molar-refractivity contribution in [3.05, 3.63) is 72.5 Å². The van der Waals surface area contributed by atoms with Crippen LogP contribution in [0.2, 0.25) is 0 Å². The fourth-order valence-electron chi connectivity index (χ4n) is 2.74. The molecule has 0 saturated carbocycles. The maximum atomic E-state index is 12.6. The van der Waals surface area contributed by atoms with Gasteiger partial charge in [-0.15, -0.1) is 0 Å². The largest absolute Gasteiger partial charge is 0.618 e. The number of fused-ring (bicyclic) bond motifs is 2. The molecule has 4 nitrogen and oxygen atoms in total. The molecule has 2 aromatic heterocycles. The van der Waals surface area contributed by atoms with Gasteiger partial charge in [0.15, 0.2) is 0 Å². The number of pyridine rings is 1. The van der Waals surface area contributed by atoms with Crippen molar-refractivity contribution in [2.75, 3.05) is 0 Å². The Morgan fingerprint density at radius 1 is 0.762 bits per heavy atom. The summed E-state index contributed by atoms with van der Waals surface area (Å²) >= 11 is 0. The van der Waals surface area contributed by atoms with Gasteiger partial charge in [0.1, 0.15) is 6.33 Å². The van der Waals surface area contributed by atoms with Gasteiger partial charge < -0.3 is 5.21 Å². The van der Waals surface area contributed by atoms with Crippen LogP contribution in [0.3, 0.4) is 0 Å². The predicted molar refractivity (Wildman–Crippen MR) is 81.4 cm³/mol. The van der Waals surface area contributed by atoms with Gasteiger partial charge in [-0.1, -0.05) is 24.3 Å². The Hall–Kier alpha value is -3.01. The standard InChI is InChI=1S/C17H11N3O/c21-20-15-7-3-1-5-13(15)17(12-9-18-11-19-10-12)14-6-2-4-8-16(14)20/h1-11H. The molecular formula is C17H11N3O. The van der Waals surface area contributed by atoms with Gasteiger partial charge in [0.2, 0.25) is 11.0 Å². The topological polar surface area (TPSA) is 52.7 Å². The highest BCUT2D eigenvalue weighted by Crippen LogP contribution is 2.32. The van der Waals surface area contributed by atoms with Crippen LogP contribution in [0.25, 0.3) is 32.9 Å². The minimum atomic E-state index is 0.648. The zero-order valence-electron chi connectivity index (χ0n) is 11.1. The number of benzene rings is 2. The summed E-state index contributed by atoms with van der Waals surface area (Å²) in [5.41, 5.74) is 3.20. The van der Waals surface area contributed by atoms with E-state index in [9.17, 15) is 5.21 Å². The molecule has 100 valence electrons. The van der Waals surface area contributed by atoms with Crippen molar-refractivity contribution >= 4 is 21.8 Å². The minimum absolute atomic E-state index is 0.648. The third-order valence-electron chi connectivity index (χ3n) is 3.63. The van der Waals surface area contributed by atoms with E-state index in [-0.39, 0.29) is 0 Å². The average molecular weight is 273 g/mol. The molecule has 4 rings (SSSR count). The molecule has 0 unspecified atom stereocenters. The van der Waals surface area contributed by atoms with Crippen LogP contribution < -0.4 is 4.73 Å². The molecule has 2 aromatic carbocycles. The van der Waals surface area contributed by atoms with E-state index < -0.39 is 0 Å². The molecule has 0 atom stereocenters. The minimum Gasteiger partial charge on any atom is -0.618 e. The zero-order valence-corrected chi connectivity index (χ0v) is 11.1. The Kier molecular flexibility index (Phi) is 2.54. The second kappa shape index (κ2) is 4.52. The smallest absolute Gasteiger partial charge is 0.224 e. The van der Waals surface area contributed by atoms with E-state index in [1.54, 1.807) is 12.4 Å². The molecule has 0 aliphatic carbocycles. The second-order valence-corrected chi connectivity index (χ2v) is 4.83. The molecular weight excluding hydrogens is 262 g/mol. The molecule has 0 aliphatic heterocycles. The molecule has 0 bridgehead atoms. The van der Waals surface area contributed by atoms with Crippen LogP contribution in [-0.2, 0) is 0 Å². The normalized spacial score (nSPS) is 11.0. The van der Waals surface area contributed by atoms with Crippen molar-refractivity contribution in [2.45, 2.75) is 0 Å². The van der Waals surface area contributed by atoms with Crippen LogP contribution in [0, 0.1) is 5.21 Å². The molecule has 4 heteroatoms. The number of hydrogen-bond donors (Lipinski definition) is 0. The first-order chi connectivity index (χ1) is 10.4. The fourth-order valence-corrected chi connectivity index (χ4v) is 2.74. The molecule has 0 radical (unpaired) electrons. The van der Waals surface area contributed by atoms with Gasteiger partial charge in [-0.05, 0) is 12.1 Å². The number of rotatable bonds is 1. The van der Waals surface area contributed by atoms with Crippen molar-refractivity contribution in [3.8, 4) is 11.1 Å². The van der Waals surface area contributed by atoms with Crippen LogP contribution in [0.15, 0.2) is 67.3 Å². The van der Waals surface area contributed by atoms with Gasteiger partial charge in [0, 0.05) is 35.7 Å². The van der Waals surface area contributed by atoms with E-state index in [2.05, 4.69) is 9.97 Å². The average Bonchev–Trinajstić information content (AvgIpc) is 2.56. The maximum absolute atomic E-state index is 12.6. The first-order valence-corrected chi connectivity index (χ1v) is 6.64. The summed E-state index contributed by atoms with van der Waals surface area (Å²) < 4.78 is 0.984. The van der Waals surface area contributed by atoms with Crippen LogP contribution >= 0.6 is 0 Å². The van der Waals surface area contributed by atoms with Crippen molar-refractivity contribution in [1.82, 2.24) is 9.97 Å². The van der Waals surface area contributed by atoms with Crippen LogP contribution in [0.5, 0.6) is 0 Å². The first-order valence-electron chi connectivity index (χ1n) is 6.64. The summed E-state index contributed by atoms with van der Waals surface area (Å²) in [4.78, 5) is 8.20. The van der Waals surface area contributed by atoms with Crippen LogP contribution in [-0.4, -0.2) is 9.97 Å². The molecule has 0 spiro atoms. The Bertz CT molecular complexity index is 895. The number of nitrogens with zero attached hydrogens (tertiary/aromatic N) is 3. The van der Waals surface area contributed by atoms with Gasteiger partial charge in [-0.25, -0.2) is 9.97 Å². The highest BCUT2D eigenvalue weighted by atomic mass is 16.5. The first kappa shape index (κ1) is 11.8. The van der Waals surface area contributed by atoms with Gasteiger partial charge >= 0.3 is 0 Å². The quantitative estimate of drug-likeness (QED) is 0.304. The highest BCUT2D eigenvalue weighted by Gasteiger charge is 2.17. The Labute approximate surface area is 120 Å². The molecule has 4 aromatic rings. The fraction of sp³-hybridized carbons (Fsp3) is 0. The maximum Gasteiger partial charge on any atom is 0.224 e. The van der Waals surface area contributed by atoms with Gasteiger partial charge in [-0.2, -0.15) is 4.73 Å². The highest BCUT2D eigenvalue weighted by molar-refractivity contribution is 6.06. The van der Waals surface area contributed by atoms with Crippen molar-refractivity contribution in [3.63, 3.8) is 0 Å². The van der Waals surface area contributed by atoms with Crippen LogP contribution in [0.1, 0.15) is 0 Å². The number of para-hydroxylation sites is 2. The summed E-state index contributed by atoms with van der Waals surface area (Å²) in [5.74, 6) is 0. The van der Waals surface area contributed by atoms with E-state index >= 15 is 0 Å². The van der Waals surface area contributed by atoms with Crippen molar-refractivity contribution in [1.29, 1.82) is 0 Å². The summed E-state index contributed by atoms with van der Waals surface area (Å²) in [6, 6.07) is 15.2. The van der Waals surface area contributed by atoms with E-state index in [1.165, 1.54) is 6.33 Å². The van der Waals surface area contributed by atoms with E-state index in [1.807, 2.05) is 48.5 Å². The summed E-state index contributed by atoms with van der Waals surface area (Å²) in [5, 5.41) is 14.4. The van der Waals surface area contributed by atoms with Gasteiger partial charge in [-0.3, -0.25) is 0 Å². The van der Waals surface area contributed by atoms with Gasteiger partial charge in [0.05, 0.1) is 10.8 Å². The van der Waals surface area contributed by atoms with Crippen molar-refractivity contribution < 1.29 is 4.73 Å². The lowest BCUT2D eigenvalue weighted by molar-refractivity contribution is -0.547. The summed E-state index contributed by atoms with van der Waals surface area (Å²) in [7, 11) is 0. The molecule has 0 saturated heterocycles. The third kappa shape index (κ3) is 1.73. The molecule has 21 heavy (non-hydrogen) atoms. The van der Waals surface area contributed by atoms with E-state index in [0.29, 0.717) is 11.0 Å². The Balaban J connectivity index is 2.28. The lowest BCUT2D eigenvalue weighted by atomic mass is 9.98. The molecule has 0 amide bonds. The monoisotopic (exact) mass is 273 g/mol. The van der Waals surface area contributed by atoms with Crippen LogP contribution in [0.4, 0.5) is 0 Å². The second-order valence-electron chi connectivity index (χ2n) is 4.83. The SMILES string of the molecule is [O-][n+]1c2ccccc2c(-c2cncnc2)c2ccccc21. The summed E-state index contributed by atoms with van der Waals surface area (Å²) in [6.45, 7) is 0. The lowest BCUT2D eigenvalue weighted by Crippen LogP contribution is -2.28. The van der Waals surface area contributed by atoms with E-state index in [4.69, 9.17) is 0 Å². The predicted octanol–water partition coefficient (Wildman–Crippen LogP) is 3.08. The van der Waals surface area contributed by atoms with Crippen molar-refractivity contribution in [2.24, 2.45) is 0 Å². The third-order valence-corrected chi connectivity index (χ3v) is 3.63. The van der Waals surface area contributed by atoms with E-state index in [0.717, 1.165) is 26.6 Å². The molecule has 0 N–H and O–H groups in total. The zero-order chi connectivity index (χ0) is 14.2. The molecule has 0 aliphatic rings. The number of hydrogen-bond acceptors (Lipinski definition) is 3. The summed E-state index contributed by atoms with van der Waals surface area (Å²) in [6.07, 6.45) is 5.05. The molecule has 2 heterocycles. The number of aromatic nitrogens is 3. The molecule has 0 fully saturated rings. The van der Waals surface area contributed by atoms with Gasteiger partial charge in [0.25, 0.3) is 0 Å². The Morgan fingerprint density at radius 3 is 1.86 bits per heavy atom. The Morgan fingerprint density at radius 2 is 1.29 bits per heavy atom. The lowest BCUT2D eigenvalue weighted by Gasteiger charge is -2.11.